The van der Waals surface area contributed by atoms with Crippen LogP contribution in [0.1, 0.15) is 41.6 Å². The van der Waals surface area contributed by atoms with Crippen LogP contribution >= 0.6 is 0 Å². The quantitative estimate of drug-likeness (QED) is 0.814. The van der Waals surface area contributed by atoms with E-state index in [4.69, 9.17) is 0 Å². The highest BCUT2D eigenvalue weighted by Gasteiger charge is 2.43. The van der Waals surface area contributed by atoms with Gasteiger partial charge in [-0.05, 0) is 61.9 Å². The summed E-state index contributed by atoms with van der Waals surface area (Å²) in [6, 6.07) is 16.0. The van der Waals surface area contributed by atoms with Crippen molar-refractivity contribution >= 4 is 11.9 Å². The highest BCUT2D eigenvalue weighted by Crippen LogP contribution is 2.35. The molecule has 2 aliphatic rings. The Balaban J connectivity index is 1.28. The summed E-state index contributed by atoms with van der Waals surface area (Å²) in [6.45, 7) is 0.615. The summed E-state index contributed by atoms with van der Waals surface area (Å²) in [5.41, 5.74) is 1.66. The van der Waals surface area contributed by atoms with Crippen LogP contribution in [0.2, 0.25) is 0 Å². The third-order valence-corrected chi connectivity index (χ3v) is 5.94. The number of hydrogen-bond donors (Lipinski definition) is 2. The number of carbonyl (C=O) groups is 2. The summed E-state index contributed by atoms with van der Waals surface area (Å²) in [7, 11) is 0. The number of urea groups is 1. The van der Waals surface area contributed by atoms with Gasteiger partial charge in [-0.2, -0.15) is 0 Å². The fourth-order valence-corrected chi connectivity index (χ4v) is 4.55. The molecule has 0 radical (unpaired) electrons. The van der Waals surface area contributed by atoms with E-state index in [0.717, 1.165) is 32.1 Å². The zero-order valence-electron chi connectivity index (χ0n) is 16.3. The molecule has 6 heteroatoms. The van der Waals surface area contributed by atoms with Crippen LogP contribution in [0.5, 0.6) is 0 Å². The first-order valence-electron chi connectivity index (χ1n) is 10.3. The van der Waals surface area contributed by atoms with Gasteiger partial charge in [0.05, 0.1) is 0 Å². The largest absolute Gasteiger partial charge is 0.349 e. The number of carbonyl (C=O) groups excluding carboxylic acids is 2. The SMILES string of the molecule is O=C(NC1C[C@H]2CC[C@@H](C1)N2C(=O)NCCc1ccccc1)c1ccc(F)cc1. The highest BCUT2D eigenvalue weighted by atomic mass is 19.1. The van der Waals surface area contributed by atoms with Crippen LogP contribution in [-0.2, 0) is 6.42 Å². The summed E-state index contributed by atoms with van der Waals surface area (Å²) >= 11 is 0. The predicted octanol–water partition coefficient (Wildman–Crippen LogP) is 3.50. The molecule has 1 unspecified atom stereocenters. The zero-order valence-corrected chi connectivity index (χ0v) is 16.3. The van der Waals surface area contributed by atoms with Crippen LogP contribution in [0.15, 0.2) is 54.6 Å². The molecule has 2 bridgehead atoms. The Morgan fingerprint density at radius 3 is 2.28 bits per heavy atom. The Bertz CT molecular complexity index is 842. The van der Waals surface area contributed by atoms with Crippen LogP contribution in [0.3, 0.4) is 0 Å². The van der Waals surface area contributed by atoms with E-state index in [1.165, 1.54) is 29.8 Å². The lowest BCUT2D eigenvalue weighted by Gasteiger charge is -2.39. The summed E-state index contributed by atoms with van der Waals surface area (Å²) in [5.74, 6) is -0.540. The van der Waals surface area contributed by atoms with Crippen molar-refractivity contribution in [3.63, 3.8) is 0 Å². The fraction of sp³-hybridized carbons (Fsp3) is 0.391. The van der Waals surface area contributed by atoms with E-state index in [2.05, 4.69) is 22.8 Å². The molecular formula is C23H26FN3O2. The minimum atomic E-state index is -0.355. The van der Waals surface area contributed by atoms with Crippen molar-refractivity contribution in [2.45, 2.75) is 50.2 Å². The first-order chi connectivity index (χ1) is 14.1. The van der Waals surface area contributed by atoms with Gasteiger partial charge in [0, 0.05) is 30.2 Å². The molecule has 3 amide bonds. The van der Waals surface area contributed by atoms with Gasteiger partial charge in [0.2, 0.25) is 0 Å². The van der Waals surface area contributed by atoms with Gasteiger partial charge in [0.15, 0.2) is 0 Å². The van der Waals surface area contributed by atoms with Crippen molar-refractivity contribution in [2.24, 2.45) is 0 Å². The zero-order chi connectivity index (χ0) is 20.2. The number of amides is 3. The molecule has 2 fully saturated rings. The molecule has 5 nitrogen and oxygen atoms in total. The Morgan fingerprint density at radius 2 is 1.62 bits per heavy atom. The standard InChI is InChI=1S/C23H26FN3O2/c24-18-8-6-17(7-9-18)22(28)26-19-14-20-10-11-21(15-19)27(20)23(29)25-13-12-16-4-2-1-3-5-16/h1-9,19-21H,10-15H2,(H,25,29)(H,26,28)/t19?,20-,21+. The second-order valence-corrected chi connectivity index (χ2v) is 7.91. The molecule has 2 aliphatic heterocycles. The van der Waals surface area contributed by atoms with E-state index in [9.17, 15) is 14.0 Å². The lowest BCUT2D eigenvalue weighted by Crippen LogP contribution is -2.55. The summed E-state index contributed by atoms with van der Waals surface area (Å²) in [5, 5.41) is 6.11. The summed E-state index contributed by atoms with van der Waals surface area (Å²) in [4.78, 5) is 27.1. The molecule has 4 rings (SSSR count). The first-order valence-corrected chi connectivity index (χ1v) is 10.3. The van der Waals surface area contributed by atoms with E-state index in [-0.39, 0.29) is 35.9 Å². The summed E-state index contributed by atoms with van der Waals surface area (Å²) < 4.78 is 13.0. The molecular weight excluding hydrogens is 369 g/mol. The van der Waals surface area contributed by atoms with Gasteiger partial charge in [-0.15, -0.1) is 0 Å². The van der Waals surface area contributed by atoms with Gasteiger partial charge in [-0.1, -0.05) is 30.3 Å². The molecule has 0 aromatic heterocycles. The van der Waals surface area contributed by atoms with Gasteiger partial charge >= 0.3 is 6.03 Å². The maximum absolute atomic E-state index is 13.0. The Kier molecular flexibility index (Phi) is 5.79. The van der Waals surface area contributed by atoms with E-state index < -0.39 is 0 Å². The van der Waals surface area contributed by atoms with Crippen LogP contribution in [0, 0.1) is 5.82 Å². The molecule has 0 saturated carbocycles. The molecule has 2 aromatic carbocycles. The second kappa shape index (κ2) is 8.64. The Labute approximate surface area is 170 Å². The fourth-order valence-electron chi connectivity index (χ4n) is 4.55. The predicted molar refractivity (Wildman–Crippen MR) is 109 cm³/mol. The molecule has 2 heterocycles. The van der Waals surface area contributed by atoms with Gasteiger partial charge in [0.1, 0.15) is 5.82 Å². The third kappa shape index (κ3) is 4.58. The van der Waals surface area contributed by atoms with Crippen molar-refractivity contribution < 1.29 is 14.0 Å². The Morgan fingerprint density at radius 1 is 0.966 bits per heavy atom. The number of halogens is 1. The first kappa shape index (κ1) is 19.4. The summed E-state index contributed by atoms with van der Waals surface area (Å²) in [6.07, 6.45) is 4.27. The maximum atomic E-state index is 13.0. The van der Waals surface area contributed by atoms with Crippen molar-refractivity contribution in [2.75, 3.05) is 6.54 Å². The highest BCUT2D eigenvalue weighted by molar-refractivity contribution is 5.94. The second-order valence-electron chi connectivity index (χ2n) is 7.91. The average molecular weight is 395 g/mol. The van der Waals surface area contributed by atoms with Crippen molar-refractivity contribution in [1.82, 2.24) is 15.5 Å². The normalized spacial score (nSPS) is 22.9. The van der Waals surface area contributed by atoms with E-state index in [1.54, 1.807) is 0 Å². The van der Waals surface area contributed by atoms with Crippen molar-refractivity contribution in [1.29, 1.82) is 0 Å². The lowest BCUT2D eigenvalue weighted by atomic mass is 9.97. The molecule has 29 heavy (non-hydrogen) atoms. The van der Waals surface area contributed by atoms with Crippen LogP contribution in [0.25, 0.3) is 0 Å². The maximum Gasteiger partial charge on any atom is 0.317 e. The Hall–Kier alpha value is -2.89. The van der Waals surface area contributed by atoms with Crippen LogP contribution in [-0.4, -0.2) is 41.5 Å². The number of nitrogens with one attached hydrogen (secondary N) is 2. The lowest BCUT2D eigenvalue weighted by molar-refractivity contribution is 0.0885. The molecule has 2 aromatic rings. The van der Waals surface area contributed by atoms with Gasteiger partial charge in [-0.3, -0.25) is 4.79 Å². The van der Waals surface area contributed by atoms with Crippen molar-refractivity contribution in [3.8, 4) is 0 Å². The minimum absolute atomic E-state index is 0.00302. The molecule has 2 saturated heterocycles. The molecule has 0 aliphatic carbocycles. The molecule has 152 valence electrons. The minimum Gasteiger partial charge on any atom is -0.349 e. The van der Waals surface area contributed by atoms with E-state index in [1.807, 2.05) is 23.1 Å². The molecule has 0 spiro atoms. The number of rotatable bonds is 5. The van der Waals surface area contributed by atoms with Crippen LogP contribution < -0.4 is 10.6 Å². The van der Waals surface area contributed by atoms with Gasteiger partial charge in [0.25, 0.3) is 5.91 Å². The number of piperidine rings is 1. The van der Waals surface area contributed by atoms with Crippen molar-refractivity contribution in [3.05, 3.63) is 71.5 Å². The topological polar surface area (TPSA) is 61.4 Å². The van der Waals surface area contributed by atoms with E-state index >= 15 is 0 Å². The van der Waals surface area contributed by atoms with E-state index in [0.29, 0.717) is 12.1 Å². The smallest absolute Gasteiger partial charge is 0.317 e. The number of fused-ring (bicyclic) bond motifs is 2. The van der Waals surface area contributed by atoms with Gasteiger partial charge in [-0.25, -0.2) is 9.18 Å². The number of benzene rings is 2. The van der Waals surface area contributed by atoms with Gasteiger partial charge < -0.3 is 15.5 Å². The third-order valence-electron chi connectivity index (χ3n) is 5.94. The average Bonchev–Trinajstić information content (AvgIpc) is 3.00. The molecule has 2 N–H and O–H groups in total. The molecule has 3 atom stereocenters. The number of hydrogen-bond acceptors (Lipinski definition) is 2. The number of nitrogens with zero attached hydrogens (tertiary/aromatic N) is 1. The monoisotopic (exact) mass is 395 g/mol. The van der Waals surface area contributed by atoms with Crippen LogP contribution in [0.4, 0.5) is 9.18 Å².